The molecule has 0 saturated carbocycles. The molecule has 188 valence electrons. The van der Waals surface area contributed by atoms with Crippen molar-refractivity contribution in [2.75, 3.05) is 7.05 Å². The van der Waals surface area contributed by atoms with Gasteiger partial charge in [-0.1, -0.05) is 32.0 Å². The maximum absolute atomic E-state index is 10.8. The summed E-state index contributed by atoms with van der Waals surface area (Å²) in [6.45, 7) is 11.4. The van der Waals surface area contributed by atoms with Crippen molar-refractivity contribution in [3.05, 3.63) is 71.9 Å². The standard InChI is InChI=1S/C28H33N5O2S/c1-18(2)21-15-22(24(35)16-23(21)34)26-30-31-27(36-25-9-7-8-14-29-25)33(26)20-12-10-19(11-13-20)17-32(6)28(3,4)5/h7-16,18,34-35H,17H2,1-6H3. The van der Waals surface area contributed by atoms with Gasteiger partial charge in [-0.25, -0.2) is 4.98 Å². The number of benzene rings is 2. The number of rotatable bonds is 7. The van der Waals surface area contributed by atoms with Crippen LogP contribution in [0.1, 0.15) is 51.7 Å². The number of pyridine rings is 1. The quantitative estimate of drug-likeness (QED) is 0.308. The predicted octanol–water partition coefficient (Wildman–Crippen LogP) is 6.25. The number of nitrogens with zero attached hydrogens (tertiary/aromatic N) is 5. The SMILES string of the molecule is CC(C)c1cc(-c2nnc(Sc3ccccn3)n2-c2ccc(CN(C)C(C)(C)C)cc2)c(O)cc1O. The van der Waals surface area contributed by atoms with E-state index in [1.54, 1.807) is 12.3 Å². The molecule has 0 aliphatic heterocycles. The first kappa shape index (κ1) is 25.7. The van der Waals surface area contributed by atoms with Gasteiger partial charge < -0.3 is 10.2 Å². The molecule has 2 aromatic heterocycles. The Hall–Kier alpha value is -3.36. The van der Waals surface area contributed by atoms with Crippen LogP contribution in [0.5, 0.6) is 11.5 Å². The summed E-state index contributed by atoms with van der Waals surface area (Å²) < 4.78 is 1.92. The normalized spacial score (nSPS) is 12.0. The van der Waals surface area contributed by atoms with Crippen LogP contribution >= 0.6 is 11.8 Å². The Balaban J connectivity index is 1.81. The lowest BCUT2D eigenvalue weighted by atomic mass is 9.98. The molecule has 4 aromatic rings. The molecule has 7 nitrogen and oxygen atoms in total. The molecule has 0 aliphatic carbocycles. The molecule has 0 radical (unpaired) electrons. The molecule has 2 N–H and O–H groups in total. The molecule has 4 rings (SSSR count). The molecule has 0 bridgehead atoms. The van der Waals surface area contributed by atoms with Crippen LogP contribution in [0.2, 0.25) is 0 Å². The maximum atomic E-state index is 10.8. The summed E-state index contributed by atoms with van der Waals surface area (Å²) in [5.41, 5.74) is 3.37. The molecule has 2 aromatic carbocycles. The summed E-state index contributed by atoms with van der Waals surface area (Å²) in [6.07, 6.45) is 1.74. The zero-order chi connectivity index (χ0) is 26.0. The zero-order valence-electron chi connectivity index (χ0n) is 21.6. The Labute approximate surface area is 216 Å². The van der Waals surface area contributed by atoms with Gasteiger partial charge in [0.1, 0.15) is 16.5 Å². The minimum atomic E-state index is -0.0524. The number of phenols is 2. The highest BCUT2D eigenvalue weighted by Gasteiger charge is 2.22. The molecule has 0 saturated heterocycles. The Morgan fingerprint density at radius 3 is 2.31 bits per heavy atom. The van der Waals surface area contributed by atoms with Crippen LogP contribution in [0.25, 0.3) is 17.1 Å². The molecular weight excluding hydrogens is 470 g/mol. The van der Waals surface area contributed by atoms with Crippen molar-refractivity contribution in [1.82, 2.24) is 24.6 Å². The van der Waals surface area contributed by atoms with E-state index in [1.165, 1.54) is 23.4 Å². The first-order chi connectivity index (χ1) is 17.0. The third-order valence-corrected chi connectivity index (χ3v) is 7.13. The molecule has 0 spiro atoms. The second-order valence-corrected chi connectivity index (χ2v) is 11.2. The van der Waals surface area contributed by atoms with Gasteiger partial charge in [0.25, 0.3) is 0 Å². The van der Waals surface area contributed by atoms with Crippen LogP contribution < -0.4 is 0 Å². The smallest absolute Gasteiger partial charge is 0.202 e. The molecule has 0 atom stereocenters. The molecular formula is C28H33N5O2S. The van der Waals surface area contributed by atoms with E-state index in [1.807, 2.05) is 48.7 Å². The number of aromatic hydroxyl groups is 2. The average molecular weight is 504 g/mol. The lowest BCUT2D eigenvalue weighted by Gasteiger charge is -2.32. The van der Waals surface area contributed by atoms with Crippen molar-refractivity contribution in [2.24, 2.45) is 0 Å². The second-order valence-electron chi connectivity index (χ2n) is 10.2. The van der Waals surface area contributed by atoms with Crippen molar-refractivity contribution in [1.29, 1.82) is 0 Å². The van der Waals surface area contributed by atoms with Gasteiger partial charge in [0.2, 0.25) is 5.16 Å². The zero-order valence-corrected chi connectivity index (χ0v) is 22.4. The minimum Gasteiger partial charge on any atom is -0.508 e. The highest BCUT2D eigenvalue weighted by Crippen LogP contribution is 2.39. The molecule has 0 unspecified atom stereocenters. The molecule has 0 aliphatic rings. The van der Waals surface area contributed by atoms with Crippen molar-refractivity contribution in [3.63, 3.8) is 0 Å². The molecule has 0 amide bonds. The summed E-state index contributed by atoms with van der Waals surface area (Å²) in [5, 5.41) is 31.5. The monoisotopic (exact) mass is 503 g/mol. The third-order valence-electron chi connectivity index (χ3n) is 6.23. The van der Waals surface area contributed by atoms with Crippen LogP contribution in [0.4, 0.5) is 0 Å². The Morgan fingerprint density at radius 2 is 1.69 bits per heavy atom. The van der Waals surface area contributed by atoms with Crippen LogP contribution in [-0.2, 0) is 6.54 Å². The van der Waals surface area contributed by atoms with Crippen LogP contribution in [0.3, 0.4) is 0 Å². The Kier molecular flexibility index (Phi) is 7.38. The fourth-order valence-corrected chi connectivity index (χ4v) is 4.55. The van der Waals surface area contributed by atoms with Crippen LogP contribution in [0.15, 0.2) is 71.0 Å². The first-order valence-electron chi connectivity index (χ1n) is 12.0. The van der Waals surface area contributed by atoms with Gasteiger partial charge in [-0.15, -0.1) is 10.2 Å². The van der Waals surface area contributed by atoms with Crippen LogP contribution in [0, 0.1) is 0 Å². The van der Waals surface area contributed by atoms with Gasteiger partial charge >= 0.3 is 0 Å². The number of phenolic OH excluding ortho intramolecular Hbond substituents is 2. The molecule has 0 fully saturated rings. The van der Waals surface area contributed by atoms with Gasteiger partial charge in [-0.2, -0.15) is 0 Å². The van der Waals surface area contributed by atoms with E-state index < -0.39 is 0 Å². The third kappa shape index (κ3) is 5.55. The Morgan fingerprint density at radius 1 is 0.972 bits per heavy atom. The first-order valence-corrected chi connectivity index (χ1v) is 12.8. The summed E-state index contributed by atoms with van der Waals surface area (Å²) >= 11 is 1.40. The fraction of sp³-hybridized carbons (Fsp3) is 0.321. The van der Waals surface area contributed by atoms with Crippen molar-refractivity contribution >= 4 is 11.8 Å². The molecule has 36 heavy (non-hydrogen) atoms. The molecule has 2 heterocycles. The van der Waals surface area contributed by atoms with E-state index in [-0.39, 0.29) is 23.0 Å². The molecule has 8 heteroatoms. The van der Waals surface area contributed by atoms with E-state index in [9.17, 15) is 10.2 Å². The largest absolute Gasteiger partial charge is 0.508 e. The van der Waals surface area contributed by atoms with Crippen molar-refractivity contribution < 1.29 is 10.2 Å². The van der Waals surface area contributed by atoms with Gasteiger partial charge in [-0.3, -0.25) is 9.47 Å². The summed E-state index contributed by atoms with van der Waals surface area (Å²) in [6, 6.07) is 17.2. The predicted molar refractivity (Wildman–Crippen MR) is 144 cm³/mol. The van der Waals surface area contributed by atoms with Crippen molar-refractivity contribution in [3.8, 4) is 28.6 Å². The van der Waals surface area contributed by atoms with Gasteiger partial charge in [0, 0.05) is 30.0 Å². The highest BCUT2D eigenvalue weighted by molar-refractivity contribution is 7.99. The topological polar surface area (TPSA) is 87.3 Å². The maximum Gasteiger partial charge on any atom is 0.202 e. The lowest BCUT2D eigenvalue weighted by molar-refractivity contribution is 0.167. The summed E-state index contributed by atoms with van der Waals surface area (Å²) in [4.78, 5) is 6.72. The van der Waals surface area contributed by atoms with Gasteiger partial charge in [0.05, 0.1) is 5.56 Å². The van der Waals surface area contributed by atoms with Gasteiger partial charge in [-0.05, 0) is 87.0 Å². The highest BCUT2D eigenvalue weighted by atomic mass is 32.2. The minimum absolute atomic E-state index is 0.0524. The van der Waals surface area contributed by atoms with E-state index in [2.05, 4.69) is 60.0 Å². The second kappa shape index (κ2) is 10.3. The fourth-order valence-electron chi connectivity index (χ4n) is 3.74. The van der Waals surface area contributed by atoms with Gasteiger partial charge in [0.15, 0.2) is 5.82 Å². The number of hydrogen-bond acceptors (Lipinski definition) is 7. The van der Waals surface area contributed by atoms with E-state index in [0.717, 1.165) is 22.8 Å². The van der Waals surface area contributed by atoms with E-state index in [0.29, 0.717) is 16.5 Å². The number of hydrogen-bond donors (Lipinski definition) is 2. The summed E-state index contributed by atoms with van der Waals surface area (Å²) in [5.74, 6) is 0.575. The number of aromatic nitrogens is 4. The summed E-state index contributed by atoms with van der Waals surface area (Å²) in [7, 11) is 2.12. The van der Waals surface area contributed by atoms with E-state index >= 15 is 0 Å². The Bertz CT molecular complexity index is 1330. The van der Waals surface area contributed by atoms with Crippen molar-refractivity contribution in [2.45, 2.75) is 62.8 Å². The lowest BCUT2D eigenvalue weighted by Crippen LogP contribution is -2.37. The van der Waals surface area contributed by atoms with Crippen LogP contribution in [-0.4, -0.2) is 47.4 Å². The average Bonchev–Trinajstić information content (AvgIpc) is 3.22. The van der Waals surface area contributed by atoms with E-state index in [4.69, 9.17) is 0 Å².